The van der Waals surface area contributed by atoms with Crippen LogP contribution in [0.4, 0.5) is 0 Å². The van der Waals surface area contributed by atoms with Crippen LogP contribution in [0.3, 0.4) is 0 Å². The minimum Gasteiger partial charge on any atom is -0.463 e. The molecule has 0 unspecified atom stereocenters. The molecule has 0 aromatic carbocycles. The summed E-state index contributed by atoms with van der Waals surface area (Å²) in [6, 6.07) is 3.52. The summed E-state index contributed by atoms with van der Waals surface area (Å²) >= 11 is 0. The molecule has 2 heterocycles. The molecule has 0 aliphatic heterocycles. The largest absolute Gasteiger partial charge is 0.463 e. The Morgan fingerprint density at radius 2 is 2.43 bits per heavy atom. The van der Waals surface area contributed by atoms with Gasteiger partial charge in [-0.05, 0) is 18.7 Å². The highest BCUT2D eigenvalue weighted by atomic mass is 16.3. The van der Waals surface area contributed by atoms with Crippen LogP contribution in [-0.2, 0) is 0 Å². The Bertz CT molecular complexity index is 462. The summed E-state index contributed by atoms with van der Waals surface area (Å²) in [4.78, 5) is 15.4. The number of ketones is 1. The van der Waals surface area contributed by atoms with E-state index in [9.17, 15) is 4.79 Å². The molecule has 4 nitrogen and oxygen atoms in total. The Hall–Kier alpha value is -1.68. The van der Waals surface area contributed by atoms with E-state index < -0.39 is 0 Å². The van der Waals surface area contributed by atoms with Crippen LogP contribution in [0.2, 0.25) is 0 Å². The van der Waals surface area contributed by atoms with Crippen LogP contribution in [0.5, 0.6) is 0 Å². The van der Waals surface area contributed by atoms with Crippen molar-refractivity contribution in [2.45, 2.75) is 6.42 Å². The van der Waals surface area contributed by atoms with Gasteiger partial charge in [-0.25, -0.2) is 4.98 Å². The summed E-state index contributed by atoms with van der Waals surface area (Å²) in [6.45, 7) is 0.351. The fraction of sp³-hybridized carbons (Fsp3) is 0.200. The van der Waals surface area contributed by atoms with Crippen LogP contribution >= 0.6 is 0 Å². The van der Waals surface area contributed by atoms with Crippen molar-refractivity contribution >= 4 is 16.8 Å². The second kappa shape index (κ2) is 3.59. The highest BCUT2D eigenvalue weighted by molar-refractivity contribution is 5.97. The van der Waals surface area contributed by atoms with Gasteiger partial charge in [0, 0.05) is 11.8 Å². The van der Waals surface area contributed by atoms with Gasteiger partial charge in [-0.1, -0.05) is 0 Å². The van der Waals surface area contributed by atoms with E-state index in [4.69, 9.17) is 10.2 Å². The zero-order chi connectivity index (χ0) is 9.97. The second-order valence-electron chi connectivity index (χ2n) is 2.99. The molecular formula is C10H10N2O2. The van der Waals surface area contributed by atoms with E-state index in [0.29, 0.717) is 24.2 Å². The lowest BCUT2D eigenvalue weighted by atomic mass is 10.1. The molecule has 0 aliphatic rings. The van der Waals surface area contributed by atoms with Crippen LogP contribution < -0.4 is 5.73 Å². The van der Waals surface area contributed by atoms with Crippen molar-refractivity contribution in [2.24, 2.45) is 5.73 Å². The van der Waals surface area contributed by atoms with Crippen molar-refractivity contribution in [3.05, 3.63) is 30.3 Å². The Morgan fingerprint density at radius 1 is 1.57 bits per heavy atom. The SMILES string of the molecule is NCCC(=O)c1cc2ccoc2cn1. The summed E-state index contributed by atoms with van der Waals surface area (Å²) in [6.07, 6.45) is 3.46. The number of rotatable bonds is 3. The van der Waals surface area contributed by atoms with Crippen molar-refractivity contribution in [1.29, 1.82) is 0 Å². The van der Waals surface area contributed by atoms with E-state index >= 15 is 0 Å². The summed E-state index contributed by atoms with van der Waals surface area (Å²) < 4.78 is 5.11. The van der Waals surface area contributed by atoms with E-state index in [1.54, 1.807) is 24.6 Å². The average Bonchev–Trinajstić information content (AvgIpc) is 2.64. The summed E-state index contributed by atoms with van der Waals surface area (Å²) in [5.74, 6) is -0.0319. The third kappa shape index (κ3) is 1.52. The average molecular weight is 190 g/mol. The molecule has 0 fully saturated rings. The highest BCUT2D eigenvalue weighted by Crippen LogP contribution is 2.15. The van der Waals surface area contributed by atoms with Crippen molar-refractivity contribution in [2.75, 3.05) is 6.54 Å². The number of aromatic nitrogens is 1. The van der Waals surface area contributed by atoms with Gasteiger partial charge in [-0.3, -0.25) is 4.79 Å². The maximum Gasteiger partial charge on any atom is 0.182 e. The van der Waals surface area contributed by atoms with Crippen LogP contribution in [0, 0.1) is 0 Å². The smallest absolute Gasteiger partial charge is 0.182 e. The lowest BCUT2D eigenvalue weighted by Crippen LogP contribution is -2.09. The topological polar surface area (TPSA) is 69.1 Å². The van der Waals surface area contributed by atoms with Gasteiger partial charge in [0.2, 0.25) is 0 Å². The summed E-state index contributed by atoms with van der Waals surface area (Å²) in [5, 5.41) is 0.889. The van der Waals surface area contributed by atoms with Gasteiger partial charge in [0.25, 0.3) is 0 Å². The van der Waals surface area contributed by atoms with Crippen molar-refractivity contribution < 1.29 is 9.21 Å². The van der Waals surface area contributed by atoms with E-state index in [-0.39, 0.29) is 5.78 Å². The van der Waals surface area contributed by atoms with Gasteiger partial charge in [0.15, 0.2) is 11.4 Å². The Kier molecular flexibility index (Phi) is 2.28. The second-order valence-corrected chi connectivity index (χ2v) is 2.99. The van der Waals surface area contributed by atoms with Crippen molar-refractivity contribution in [3.8, 4) is 0 Å². The van der Waals surface area contributed by atoms with E-state index in [1.165, 1.54) is 0 Å². The standard InChI is InChI=1S/C10H10N2O2/c11-3-1-9(13)8-5-7-2-4-14-10(7)6-12-8/h2,4-6H,1,3,11H2. The first kappa shape index (κ1) is 8.90. The van der Waals surface area contributed by atoms with Crippen LogP contribution in [0.1, 0.15) is 16.9 Å². The fourth-order valence-electron chi connectivity index (χ4n) is 1.28. The molecule has 0 amide bonds. The molecule has 2 aromatic rings. The predicted octanol–water partition coefficient (Wildman–Crippen LogP) is 1.36. The molecule has 0 bridgehead atoms. The summed E-state index contributed by atoms with van der Waals surface area (Å²) in [7, 11) is 0. The number of furan rings is 1. The molecule has 2 aromatic heterocycles. The Balaban J connectivity index is 2.38. The molecule has 72 valence electrons. The van der Waals surface area contributed by atoms with Crippen molar-refractivity contribution in [3.63, 3.8) is 0 Å². The molecular weight excluding hydrogens is 180 g/mol. The first-order chi connectivity index (χ1) is 6.81. The molecule has 14 heavy (non-hydrogen) atoms. The van der Waals surface area contributed by atoms with Crippen LogP contribution in [0.25, 0.3) is 11.0 Å². The lowest BCUT2D eigenvalue weighted by molar-refractivity contribution is 0.0981. The molecule has 4 heteroatoms. The third-order valence-corrected chi connectivity index (χ3v) is 2.00. The van der Waals surface area contributed by atoms with Gasteiger partial charge in [0.05, 0.1) is 12.5 Å². The number of Topliss-reactive ketones (excluding diaryl/α,β-unsaturated/α-hetero) is 1. The monoisotopic (exact) mass is 190 g/mol. The number of hydrogen-bond donors (Lipinski definition) is 1. The number of hydrogen-bond acceptors (Lipinski definition) is 4. The molecule has 2 N–H and O–H groups in total. The molecule has 0 aliphatic carbocycles. The maximum atomic E-state index is 11.4. The predicted molar refractivity (Wildman–Crippen MR) is 52.0 cm³/mol. The number of carbonyl (C=O) groups excluding carboxylic acids is 1. The lowest BCUT2D eigenvalue weighted by Gasteiger charge is -1.97. The first-order valence-corrected chi connectivity index (χ1v) is 4.38. The minimum atomic E-state index is -0.0319. The number of fused-ring (bicyclic) bond motifs is 1. The zero-order valence-electron chi connectivity index (χ0n) is 7.56. The molecule has 0 atom stereocenters. The zero-order valence-corrected chi connectivity index (χ0v) is 7.56. The van der Waals surface area contributed by atoms with E-state index in [1.807, 2.05) is 0 Å². The molecule has 0 radical (unpaired) electrons. The van der Waals surface area contributed by atoms with Crippen LogP contribution in [0.15, 0.2) is 29.0 Å². The van der Waals surface area contributed by atoms with Crippen LogP contribution in [-0.4, -0.2) is 17.3 Å². The molecule has 0 spiro atoms. The molecule has 0 saturated heterocycles. The number of nitrogens with two attached hydrogens (primary N) is 1. The number of nitrogens with zero attached hydrogens (tertiary/aromatic N) is 1. The van der Waals surface area contributed by atoms with Gasteiger partial charge < -0.3 is 10.2 Å². The van der Waals surface area contributed by atoms with Gasteiger partial charge in [0.1, 0.15) is 5.69 Å². The van der Waals surface area contributed by atoms with E-state index in [2.05, 4.69) is 4.98 Å². The summed E-state index contributed by atoms with van der Waals surface area (Å²) in [5.41, 5.74) is 6.43. The number of pyridine rings is 1. The van der Waals surface area contributed by atoms with Crippen molar-refractivity contribution in [1.82, 2.24) is 4.98 Å². The van der Waals surface area contributed by atoms with Gasteiger partial charge >= 0.3 is 0 Å². The van der Waals surface area contributed by atoms with E-state index in [0.717, 1.165) is 5.39 Å². The quantitative estimate of drug-likeness (QED) is 0.742. The Morgan fingerprint density at radius 3 is 3.21 bits per heavy atom. The first-order valence-electron chi connectivity index (χ1n) is 4.38. The third-order valence-electron chi connectivity index (χ3n) is 2.00. The highest BCUT2D eigenvalue weighted by Gasteiger charge is 2.07. The Labute approximate surface area is 80.7 Å². The van der Waals surface area contributed by atoms with Gasteiger partial charge in [-0.15, -0.1) is 0 Å². The normalized spacial score (nSPS) is 10.6. The fourth-order valence-corrected chi connectivity index (χ4v) is 1.28. The number of carbonyl (C=O) groups is 1. The molecule has 0 saturated carbocycles. The minimum absolute atomic E-state index is 0.0319. The molecule has 2 rings (SSSR count). The van der Waals surface area contributed by atoms with Gasteiger partial charge in [-0.2, -0.15) is 0 Å². The maximum absolute atomic E-state index is 11.4.